The number of aliphatic hydroxyl groups is 1. The summed E-state index contributed by atoms with van der Waals surface area (Å²) in [5.74, 6) is -1.16. The molecule has 1 aliphatic carbocycles. The molecule has 0 amide bonds. The maximum absolute atomic E-state index is 10.8. The molecule has 2 N–H and O–H groups in total. The van der Waals surface area contributed by atoms with Crippen molar-refractivity contribution in [2.24, 2.45) is 11.3 Å². The Morgan fingerprint density at radius 1 is 1.40 bits per heavy atom. The van der Waals surface area contributed by atoms with Gasteiger partial charge in [-0.2, -0.15) is 0 Å². The van der Waals surface area contributed by atoms with E-state index in [1.165, 1.54) is 0 Å². The number of hydrogen-bond donors (Lipinski definition) is 2. The Kier molecular flexibility index (Phi) is 2.49. The minimum atomic E-state index is -0.792. The Morgan fingerprint density at radius 2 is 2.07 bits per heavy atom. The van der Waals surface area contributed by atoms with Crippen LogP contribution in [0.2, 0.25) is 0 Å². The van der Waals surface area contributed by atoms with Crippen LogP contribution in [0.15, 0.2) is 30.3 Å². The fourth-order valence-electron chi connectivity index (χ4n) is 2.13. The molecule has 1 aromatic rings. The van der Waals surface area contributed by atoms with Crippen LogP contribution >= 0.6 is 0 Å². The van der Waals surface area contributed by atoms with Crippen molar-refractivity contribution >= 4 is 5.97 Å². The summed E-state index contributed by atoms with van der Waals surface area (Å²) in [6, 6.07) is 9.72. The highest BCUT2D eigenvalue weighted by Gasteiger charge is 2.57. The first-order valence-electron chi connectivity index (χ1n) is 5.05. The van der Waals surface area contributed by atoms with Crippen molar-refractivity contribution in [3.05, 3.63) is 35.9 Å². The van der Waals surface area contributed by atoms with E-state index < -0.39 is 11.4 Å². The molecule has 3 nitrogen and oxygen atoms in total. The Labute approximate surface area is 88.4 Å². The van der Waals surface area contributed by atoms with Crippen molar-refractivity contribution in [2.45, 2.75) is 12.8 Å². The topological polar surface area (TPSA) is 57.5 Å². The lowest BCUT2D eigenvalue weighted by molar-refractivity contribution is -0.139. The van der Waals surface area contributed by atoms with Crippen LogP contribution in [0.4, 0.5) is 0 Å². The van der Waals surface area contributed by atoms with Crippen molar-refractivity contribution in [3.63, 3.8) is 0 Å². The average molecular weight is 206 g/mol. The predicted octanol–water partition coefficient (Wildman–Crippen LogP) is 1.31. The summed E-state index contributed by atoms with van der Waals surface area (Å²) in [7, 11) is 0. The van der Waals surface area contributed by atoms with Gasteiger partial charge in [-0.15, -0.1) is 0 Å². The monoisotopic (exact) mass is 206 g/mol. The van der Waals surface area contributed by atoms with Gasteiger partial charge in [-0.1, -0.05) is 30.3 Å². The Hall–Kier alpha value is -1.35. The van der Waals surface area contributed by atoms with E-state index in [1.807, 2.05) is 30.3 Å². The molecule has 1 fully saturated rings. The van der Waals surface area contributed by atoms with Gasteiger partial charge in [0, 0.05) is 12.0 Å². The van der Waals surface area contributed by atoms with Gasteiger partial charge in [-0.05, 0) is 18.4 Å². The second-order valence-electron chi connectivity index (χ2n) is 4.28. The number of rotatable bonds is 4. The third-order valence-corrected chi connectivity index (χ3v) is 3.20. The van der Waals surface area contributed by atoms with Crippen LogP contribution in [0.25, 0.3) is 0 Å². The highest BCUT2D eigenvalue weighted by atomic mass is 16.4. The largest absolute Gasteiger partial charge is 0.481 e. The molecule has 0 aliphatic heterocycles. The maximum Gasteiger partial charge on any atom is 0.307 e. The zero-order chi connectivity index (χ0) is 10.9. The van der Waals surface area contributed by atoms with Crippen LogP contribution in [0.3, 0.4) is 0 Å². The predicted molar refractivity (Wildman–Crippen MR) is 55.4 cm³/mol. The summed E-state index contributed by atoms with van der Waals surface area (Å²) in [6.07, 6.45) is 1.25. The minimum Gasteiger partial charge on any atom is -0.481 e. The Morgan fingerprint density at radius 3 is 2.53 bits per heavy atom. The number of aliphatic carboxylic acids is 1. The first-order chi connectivity index (χ1) is 7.18. The van der Waals surface area contributed by atoms with E-state index in [2.05, 4.69) is 0 Å². The van der Waals surface area contributed by atoms with E-state index in [9.17, 15) is 9.90 Å². The first-order valence-corrected chi connectivity index (χ1v) is 5.05. The summed E-state index contributed by atoms with van der Waals surface area (Å²) in [5.41, 5.74) is 0.683. The molecule has 0 heterocycles. The van der Waals surface area contributed by atoms with E-state index in [0.29, 0.717) is 12.8 Å². The number of hydrogen-bond acceptors (Lipinski definition) is 2. The van der Waals surface area contributed by atoms with Crippen LogP contribution < -0.4 is 0 Å². The van der Waals surface area contributed by atoms with Crippen molar-refractivity contribution in [1.29, 1.82) is 0 Å². The van der Waals surface area contributed by atoms with Crippen LogP contribution in [-0.2, 0) is 11.2 Å². The molecule has 1 aliphatic rings. The minimum absolute atomic E-state index is 0.0428. The van der Waals surface area contributed by atoms with Crippen LogP contribution in [0.1, 0.15) is 12.0 Å². The van der Waals surface area contributed by atoms with Gasteiger partial charge in [0.25, 0.3) is 0 Å². The third kappa shape index (κ3) is 1.88. The van der Waals surface area contributed by atoms with Gasteiger partial charge in [0.2, 0.25) is 0 Å². The van der Waals surface area contributed by atoms with E-state index in [4.69, 9.17) is 5.11 Å². The molecule has 1 saturated carbocycles. The zero-order valence-corrected chi connectivity index (χ0v) is 8.39. The third-order valence-electron chi connectivity index (χ3n) is 3.20. The van der Waals surface area contributed by atoms with Gasteiger partial charge >= 0.3 is 5.97 Å². The average Bonchev–Trinajstić information content (AvgIpc) is 2.95. The lowest BCUT2D eigenvalue weighted by Gasteiger charge is -2.12. The molecule has 3 heteroatoms. The van der Waals surface area contributed by atoms with Gasteiger partial charge in [0.15, 0.2) is 0 Å². The number of carboxylic acid groups (broad SMARTS) is 1. The zero-order valence-electron chi connectivity index (χ0n) is 8.39. The summed E-state index contributed by atoms with van der Waals surface area (Å²) in [6.45, 7) is -0.0428. The van der Waals surface area contributed by atoms with Crippen molar-refractivity contribution in [3.8, 4) is 0 Å². The first kappa shape index (κ1) is 10.2. The molecule has 80 valence electrons. The number of carboxylic acids is 1. The van der Waals surface area contributed by atoms with Crippen molar-refractivity contribution in [1.82, 2.24) is 0 Å². The van der Waals surface area contributed by atoms with Gasteiger partial charge in [0.05, 0.1) is 5.92 Å². The SMILES string of the molecule is O=C(O)C1CC1(CO)Cc1ccccc1. The smallest absolute Gasteiger partial charge is 0.307 e. The van der Waals surface area contributed by atoms with Crippen molar-refractivity contribution in [2.75, 3.05) is 6.61 Å². The molecule has 0 aromatic heterocycles. The molecule has 2 unspecified atom stereocenters. The van der Waals surface area contributed by atoms with Gasteiger partial charge in [-0.25, -0.2) is 0 Å². The van der Waals surface area contributed by atoms with Gasteiger partial charge in [0.1, 0.15) is 0 Å². The van der Waals surface area contributed by atoms with E-state index in [-0.39, 0.29) is 12.5 Å². The van der Waals surface area contributed by atoms with Crippen molar-refractivity contribution < 1.29 is 15.0 Å². The molecule has 2 rings (SSSR count). The molecule has 0 radical (unpaired) electrons. The van der Waals surface area contributed by atoms with Crippen LogP contribution in [-0.4, -0.2) is 22.8 Å². The lowest BCUT2D eigenvalue weighted by Crippen LogP contribution is -2.17. The normalized spacial score (nSPS) is 28.7. The highest BCUT2D eigenvalue weighted by molar-refractivity contribution is 5.75. The van der Waals surface area contributed by atoms with Gasteiger partial charge in [-0.3, -0.25) is 4.79 Å². The maximum atomic E-state index is 10.8. The highest BCUT2D eigenvalue weighted by Crippen LogP contribution is 2.54. The number of benzene rings is 1. The van der Waals surface area contributed by atoms with E-state index in [0.717, 1.165) is 5.56 Å². The number of aliphatic hydroxyl groups excluding tert-OH is 1. The Balaban J connectivity index is 2.09. The molecular weight excluding hydrogens is 192 g/mol. The summed E-state index contributed by atoms with van der Waals surface area (Å²) in [4.78, 5) is 10.8. The molecule has 0 saturated heterocycles. The lowest BCUT2D eigenvalue weighted by atomic mass is 9.95. The summed E-state index contributed by atoms with van der Waals surface area (Å²) in [5, 5.41) is 18.2. The Bertz CT molecular complexity index is 360. The molecule has 0 spiro atoms. The number of carbonyl (C=O) groups is 1. The van der Waals surface area contributed by atoms with Crippen LogP contribution in [0.5, 0.6) is 0 Å². The molecular formula is C12H14O3. The molecule has 2 atom stereocenters. The summed E-state index contributed by atoms with van der Waals surface area (Å²) < 4.78 is 0. The molecule has 15 heavy (non-hydrogen) atoms. The van der Waals surface area contributed by atoms with Gasteiger partial charge < -0.3 is 10.2 Å². The molecule has 0 bridgehead atoms. The van der Waals surface area contributed by atoms with Crippen LogP contribution in [0, 0.1) is 11.3 Å². The second-order valence-corrected chi connectivity index (χ2v) is 4.28. The quantitative estimate of drug-likeness (QED) is 0.781. The fourth-order valence-corrected chi connectivity index (χ4v) is 2.13. The molecule has 1 aromatic carbocycles. The van der Waals surface area contributed by atoms with E-state index in [1.54, 1.807) is 0 Å². The van der Waals surface area contributed by atoms with E-state index >= 15 is 0 Å². The fraction of sp³-hybridized carbons (Fsp3) is 0.417. The second kappa shape index (κ2) is 3.66. The standard InChI is InChI=1S/C12H14O3/c13-8-12(7-10(12)11(14)15)6-9-4-2-1-3-5-9/h1-5,10,13H,6-8H2,(H,14,15). The summed E-state index contributed by atoms with van der Waals surface area (Å²) >= 11 is 0.